The van der Waals surface area contributed by atoms with Crippen LogP contribution >= 0.6 is 43.5 Å². The van der Waals surface area contributed by atoms with Gasteiger partial charge in [0.25, 0.3) is 0 Å². The molecule has 1 N–H and O–H groups in total. The normalized spacial score (nSPS) is 12.0. The van der Waals surface area contributed by atoms with Crippen LogP contribution in [0.25, 0.3) is 0 Å². The van der Waals surface area contributed by atoms with Crippen LogP contribution in [0.1, 0.15) is 13.8 Å². The molecule has 0 spiro atoms. The summed E-state index contributed by atoms with van der Waals surface area (Å²) in [7, 11) is -3.88. The molecular weight excluding hydrogens is 482 g/mol. The van der Waals surface area contributed by atoms with E-state index in [9.17, 15) is 13.2 Å². The van der Waals surface area contributed by atoms with E-state index < -0.39 is 20.5 Å². The van der Waals surface area contributed by atoms with Gasteiger partial charge in [0.05, 0.1) is 15.6 Å². The van der Waals surface area contributed by atoms with E-state index >= 15 is 0 Å². The molecule has 24 heavy (non-hydrogen) atoms. The molecule has 0 aliphatic rings. The van der Waals surface area contributed by atoms with Crippen LogP contribution in [0.5, 0.6) is 0 Å². The topological polar surface area (TPSA) is 63.2 Å². The zero-order chi connectivity index (χ0) is 18.1. The Balaban J connectivity index is 2.34. The number of anilines is 1. The van der Waals surface area contributed by atoms with Gasteiger partial charge >= 0.3 is 0 Å². The molecule has 4 nitrogen and oxygen atoms in total. The lowest BCUT2D eigenvalue weighted by molar-refractivity contribution is -0.117. The molecular formula is C16H14Br2ClNO3S. The van der Waals surface area contributed by atoms with Gasteiger partial charge in [0.1, 0.15) is 4.75 Å². The van der Waals surface area contributed by atoms with E-state index in [0.717, 1.165) is 8.95 Å². The van der Waals surface area contributed by atoms with Gasteiger partial charge in [-0.25, -0.2) is 8.42 Å². The lowest BCUT2D eigenvalue weighted by Crippen LogP contribution is -2.44. The van der Waals surface area contributed by atoms with Crippen LogP contribution in [0.15, 0.2) is 56.3 Å². The summed E-state index contributed by atoms with van der Waals surface area (Å²) in [6, 6.07) is 11.1. The minimum absolute atomic E-state index is 0.0766. The molecule has 128 valence electrons. The van der Waals surface area contributed by atoms with E-state index in [2.05, 4.69) is 37.2 Å². The highest BCUT2D eigenvalue weighted by Gasteiger charge is 2.43. The van der Waals surface area contributed by atoms with Crippen molar-refractivity contribution in [1.82, 2.24) is 0 Å². The van der Waals surface area contributed by atoms with Crippen LogP contribution in [0.2, 0.25) is 5.02 Å². The first-order valence-electron chi connectivity index (χ1n) is 6.82. The number of amides is 1. The van der Waals surface area contributed by atoms with Gasteiger partial charge in [0, 0.05) is 8.95 Å². The Kier molecular flexibility index (Phi) is 5.79. The molecule has 0 atom stereocenters. The Bertz CT molecular complexity index is 881. The summed E-state index contributed by atoms with van der Waals surface area (Å²) in [4.78, 5) is 12.7. The SMILES string of the molecule is CC(C)(C(=O)Nc1ccc(Br)cc1Cl)S(=O)(=O)c1ccc(Br)cc1. The van der Waals surface area contributed by atoms with Gasteiger partial charge in [-0.2, -0.15) is 0 Å². The molecule has 2 aromatic carbocycles. The van der Waals surface area contributed by atoms with E-state index in [-0.39, 0.29) is 4.90 Å². The van der Waals surface area contributed by atoms with E-state index in [1.54, 1.807) is 30.3 Å². The lowest BCUT2D eigenvalue weighted by Gasteiger charge is -2.24. The third-order valence-corrected chi connectivity index (χ3v) is 7.28. The number of halogens is 3. The maximum atomic E-state index is 12.8. The fourth-order valence-electron chi connectivity index (χ4n) is 1.89. The molecule has 8 heteroatoms. The molecule has 2 rings (SSSR count). The molecule has 0 fully saturated rings. The molecule has 0 radical (unpaired) electrons. The fraction of sp³-hybridized carbons (Fsp3) is 0.188. The minimum Gasteiger partial charge on any atom is -0.323 e. The van der Waals surface area contributed by atoms with Crippen LogP contribution in [-0.4, -0.2) is 19.1 Å². The highest BCUT2D eigenvalue weighted by Crippen LogP contribution is 2.30. The third kappa shape index (κ3) is 3.85. The van der Waals surface area contributed by atoms with Crippen LogP contribution in [0, 0.1) is 0 Å². The number of hydrogen-bond donors (Lipinski definition) is 1. The van der Waals surface area contributed by atoms with Crippen molar-refractivity contribution in [2.24, 2.45) is 0 Å². The second-order valence-corrected chi connectivity index (χ2v) is 10.3. The van der Waals surface area contributed by atoms with Crippen molar-refractivity contribution < 1.29 is 13.2 Å². The highest BCUT2D eigenvalue weighted by atomic mass is 79.9. The van der Waals surface area contributed by atoms with Crippen molar-refractivity contribution in [2.75, 3.05) is 5.32 Å². The van der Waals surface area contributed by atoms with Gasteiger partial charge in [-0.15, -0.1) is 0 Å². The van der Waals surface area contributed by atoms with Crippen LogP contribution < -0.4 is 5.32 Å². The summed E-state index contributed by atoms with van der Waals surface area (Å²) in [5.41, 5.74) is 0.351. The van der Waals surface area contributed by atoms with E-state index in [1.165, 1.54) is 26.0 Å². The first-order chi connectivity index (χ1) is 11.1. The van der Waals surface area contributed by atoms with Crippen LogP contribution in [0.4, 0.5) is 5.69 Å². The average Bonchev–Trinajstić information content (AvgIpc) is 2.50. The molecule has 1 amide bonds. The maximum Gasteiger partial charge on any atom is 0.245 e. The van der Waals surface area contributed by atoms with Crippen molar-refractivity contribution in [3.63, 3.8) is 0 Å². The monoisotopic (exact) mass is 493 g/mol. The molecule has 0 heterocycles. The smallest absolute Gasteiger partial charge is 0.245 e. The number of hydrogen-bond acceptors (Lipinski definition) is 3. The molecule has 0 saturated carbocycles. The Morgan fingerprint density at radius 3 is 2.12 bits per heavy atom. The number of carbonyl (C=O) groups excluding carboxylic acids is 1. The van der Waals surface area contributed by atoms with E-state index in [4.69, 9.17) is 11.6 Å². The number of sulfone groups is 1. The molecule has 0 aromatic heterocycles. The van der Waals surface area contributed by atoms with E-state index in [1.807, 2.05) is 0 Å². The lowest BCUT2D eigenvalue weighted by atomic mass is 10.2. The zero-order valence-corrected chi connectivity index (χ0v) is 17.6. The summed E-state index contributed by atoms with van der Waals surface area (Å²) in [5, 5.41) is 2.90. The molecule has 0 bridgehead atoms. The predicted octanol–water partition coefficient (Wildman–Crippen LogP) is 5.06. The van der Waals surface area contributed by atoms with Gasteiger partial charge in [0.2, 0.25) is 5.91 Å². The summed E-state index contributed by atoms with van der Waals surface area (Å²) < 4.78 is 25.5. The third-order valence-electron chi connectivity index (χ3n) is 3.52. The minimum atomic E-state index is -3.88. The first kappa shape index (κ1) is 19.4. The Labute approximate surface area is 162 Å². The Hall–Kier alpha value is -0.890. The van der Waals surface area contributed by atoms with Gasteiger partial charge in [-0.05, 0) is 56.3 Å². The zero-order valence-electron chi connectivity index (χ0n) is 12.8. The summed E-state index contributed by atoms with van der Waals surface area (Å²) >= 11 is 12.6. The van der Waals surface area contributed by atoms with Gasteiger partial charge in [0.15, 0.2) is 9.84 Å². The molecule has 0 unspecified atom stereocenters. The summed E-state index contributed by atoms with van der Waals surface area (Å²) in [6.45, 7) is 2.74. The van der Waals surface area contributed by atoms with Gasteiger partial charge < -0.3 is 5.32 Å². The standard InChI is InChI=1S/C16H14Br2ClNO3S/c1-16(2,24(22,23)12-6-3-10(17)4-7-12)15(21)20-14-8-5-11(18)9-13(14)19/h3-9H,1-2H3,(H,20,21). The second-order valence-electron chi connectivity index (χ2n) is 5.55. The Morgan fingerprint density at radius 2 is 1.58 bits per heavy atom. The van der Waals surface area contributed by atoms with Gasteiger partial charge in [-0.1, -0.05) is 43.5 Å². The van der Waals surface area contributed by atoms with Crippen molar-refractivity contribution in [1.29, 1.82) is 0 Å². The number of carbonyl (C=O) groups is 1. The quantitative estimate of drug-likeness (QED) is 0.645. The number of nitrogens with one attached hydrogen (secondary N) is 1. The maximum absolute atomic E-state index is 12.8. The molecule has 0 saturated heterocycles. The second kappa shape index (κ2) is 7.15. The molecule has 0 aliphatic heterocycles. The van der Waals surface area contributed by atoms with Gasteiger partial charge in [-0.3, -0.25) is 4.79 Å². The first-order valence-corrected chi connectivity index (χ1v) is 10.3. The highest BCUT2D eigenvalue weighted by molar-refractivity contribution is 9.10. The number of benzene rings is 2. The summed E-state index contributed by atoms with van der Waals surface area (Å²) in [6.07, 6.45) is 0. The largest absolute Gasteiger partial charge is 0.323 e. The molecule has 0 aliphatic carbocycles. The van der Waals surface area contributed by atoms with Crippen molar-refractivity contribution >= 4 is 64.9 Å². The van der Waals surface area contributed by atoms with Crippen molar-refractivity contribution in [3.05, 3.63) is 56.4 Å². The number of rotatable bonds is 4. The van der Waals surface area contributed by atoms with Crippen molar-refractivity contribution in [3.8, 4) is 0 Å². The van der Waals surface area contributed by atoms with Crippen LogP contribution in [-0.2, 0) is 14.6 Å². The Morgan fingerprint density at radius 1 is 1.04 bits per heavy atom. The van der Waals surface area contributed by atoms with Crippen LogP contribution in [0.3, 0.4) is 0 Å². The average molecular weight is 496 g/mol. The molecule has 2 aromatic rings. The predicted molar refractivity (Wildman–Crippen MR) is 103 cm³/mol. The fourth-order valence-corrected chi connectivity index (χ4v) is 4.26. The summed E-state index contributed by atoms with van der Waals surface area (Å²) in [5.74, 6) is -0.658. The van der Waals surface area contributed by atoms with E-state index in [0.29, 0.717) is 10.7 Å². The van der Waals surface area contributed by atoms with Crippen molar-refractivity contribution in [2.45, 2.75) is 23.5 Å².